The van der Waals surface area contributed by atoms with Gasteiger partial charge in [-0.1, -0.05) is 49.7 Å². The molecule has 28 heavy (non-hydrogen) atoms. The van der Waals surface area contributed by atoms with Gasteiger partial charge >= 0.3 is 0 Å². The van der Waals surface area contributed by atoms with Crippen molar-refractivity contribution in [3.05, 3.63) is 58.6 Å². The number of benzene rings is 2. The summed E-state index contributed by atoms with van der Waals surface area (Å²) in [7, 11) is 1.66. The normalized spacial score (nSPS) is 10.2. The molecule has 0 saturated carbocycles. The fraction of sp³-hybridized carbons (Fsp3) is 0.429. The van der Waals surface area contributed by atoms with Crippen molar-refractivity contribution in [1.82, 2.24) is 10.2 Å². The fourth-order valence-electron chi connectivity index (χ4n) is 2.72. The molecule has 0 bridgehead atoms. The lowest BCUT2D eigenvalue weighted by atomic mass is 10.2. The van der Waals surface area contributed by atoms with Crippen molar-refractivity contribution in [2.24, 2.45) is 0 Å². The van der Waals surface area contributed by atoms with Gasteiger partial charge in [0.2, 0.25) is 0 Å². The minimum absolute atomic E-state index is 0. The molecule has 0 unspecified atom stereocenters. The van der Waals surface area contributed by atoms with Gasteiger partial charge in [-0.25, -0.2) is 0 Å². The smallest absolute Gasteiger partial charge is 0.161 e. The number of likely N-dealkylation sites (N-methyl/N-ethyl adjacent to an activating group) is 1. The number of methoxy groups -OCH3 is 1. The van der Waals surface area contributed by atoms with Crippen molar-refractivity contribution in [1.29, 1.82) is 0 Å². The Morgan fingerprint density at radius 2 is 1.71 bits per heavy atom. The minimum Gasteiger partial charge on any atom is -0.493 e. The zero-order valence-corrected chi connectivity index (χ0v) is 19.1. The van der Waals surface area contributed by atoms with E-state index in [0.29, 0.717) is 11.6 Å². The highest BCUT2D eigenvalue weighted by Gasteiger charge is 2.08. The molecule has 0 aliphatic carbocycles. The molecule has 4 nitrogen and oxygen atoms in total. The standard InChI is InChI=1S/C21H29ClN2O2.2ClH/c1-4-24(5-2)13-12-23-15-17-10-11-20(21(14-17)25-3)26-16-18-8-6-7-9-19(18)22;;/h6-11,14,23H,4-5,12-13,15-16H2,1-3H3;2*1H. The molecule has 1 N–H and O–H groups in total. The lowest BCUT2D eigenvalue weighted by molar-refractivity contribution is 0.284. The largest absolute Gasteiger partial charge is 0.493 e. The topological polar surface area (TPSA) is 33.7 Å². The summed E-state index contributed by atoms with van der Waals surface area (Å²) in [6.07, 6.45) is 0. The van der Waals surface area contributed by atoms with Gasteiger partial charge < -0.3 is 19.7 Å². The molecule has 0 spiro atoms. The van der Waals surface area contributed by atoms with Crippen LogP contribution in [0.4, 0.5) is 0 Å². The Morgan fingerprint density at radius 3 is 2.36 bits per heavy atom. The summed E-state index contributed by atoms with van der Waals surface area (Å²) in [5, 5.41) is 4.19. The van der Waals surface area contributed by atoms with Crippen molar-refractivity contribution >= 4 is 36.4 Å². The van der Waals surface area contributed by atoms with Gasteiger partial charge in [-0.05, 0) is 36.9 Å². The molecule has 0 fully saturated rings. The SMILES string of the molecule is CCN(CC)CCNCc1ccc(OCc2ccccc2Cl)c(OC)c1.Cl.Cl. The summed E-state index contributed by atoms with van der Waals surface area (Å²) in [6, 6.07) is 13.7. The van der Waals surface area contributed by atoms with Crippen molar-refractivity contribution in [3.8, 4) is 11.5 Å². The average Bonchev–Trinajstić information content (AvgIpc) is 2.68. The second kappa shape index (κ2) is 14.8. The second-order valence-electron chi connectivity index (χ2n) is 6.07. The average molecular weight is 450 g/mol. The van der Waals surface area contributed by atoms with Crippen molar-refractivity contribution in [3.63, 3.8) is 0 Å². The summed E-state index contributed by atoms with van der Waals surface area (Å²) in [4.78, 5) is 2.40. The molecule has 0 aliphatic rings. The predicted octanol–water partition coefficient (Wildman–Crippen LogP) is 5.20. The molecule has 0 amide bonds. The number of nitrogens with zero attached hydrogens (tertiary/aromatic N) is 1. The van der Waals surface area contributed by atoms with Gasteiger partial charge in [-0.15, -0.1) is 24.8 Å². The summed E-state index contributed by atoms with van der Waals surface area (Å²) < 4.78 is 11.4. The maximum atomic E-state index is 6.18. The van der Waals surface area contributed by atoms with E-state index < -0.39 is 0 Å². The summed E-state index contributed by atoms with van der Waals surface area (Å²) in [5.41, 5.74) is 2.13. The highest BCUT2D eigenvalue weighted by molar-refractivity contribution is 6.31. The molecular formula is C21H31Cl3N2O2. The van der Waals surface area contributed by atoms with E-state index in [4.69, 9.17) is 21.1 Å². The van der Waals surface area contributed by atoms with Crippen LogP contribution in [0.15, 0.2) is 42.5 Å². The zero-order chi connectivity index (χ0) is 18.8. The number of halogens is 3. The van der Waals surface area contributed by atoms with Crippen LogP contribution in [-0.4, -0.2) is 38.2 Å². The maximum Gasteiger partial charge on any atom is 0.161 e. The molecule has 0 radical (unpaired) electrons. The monoisotopic (exact) mass is 448 g/mol. The van der Waals surface area contributed by atoms with Crippen molar-refractivity contribution in [2.75, 3.05) is 33.3 Å². The first-order chi connectivity index (χ1) is 12.7. The van der Waals surface area contributed by atoms with Gasteiger partial charge in [0.05, 0.1) is 7.11 Å². The molecule has 0 saturated heterocycles. The Bertz CT molecular complexity index is 682. The molecular weight excluding hydrogens is 419 g/mol. The third kappa shape index (κ3) is 8.46. The Balaban J connectivity index is 0.00000364. The van der Waals surface area contributed by atoms with Gasteiger partial charge in [0.25, 0.3) is 0 Å². The highest BCUT2D eigenvalue weighted by Crippen LogP contribution is 2.29. The molecule has 0 aliphatic heterocycles. The lowest BCUT2D eigenvalue weighted by Gasteiger charge is -2.18. The first-order valence-electron chi connectivity index (χ1n) is 9.14. The Hall–Kier alpha value is -1.17. The van der Waals surface area contributed by atoms with Crippen LogP contribution in [0.5, 0.6) is 11.5 Å². The molecule has 2 rings (SSSR count). The molecule has 0 aromatic heterocycles. The number of hydrogen-bond donors (Lipinski definition) is 1. The molecule has 2 aromatic rings. The lowest BCUT2D eigenvalue weighted by Crippen LogP contribution is -2.31. The number of hydrogen-bond acceptors (Lipinski definition) is 4. The zero-order valence-electron chi connectivity index (χ0n) is 16.7. The summed E-state index contributed by atoms with van der Waals surface area (Å²) in [5.74, 6) is 1.46. The van der Waals surface area contributed by atoms with E-state index >= 15 is 0 Å². The molecule has 0 atom stereocenters. The van der Waals surface area contributed by atoms with E-state index in [2.05, 4.69) is 30.1 Å². The van der Waals surface area contributed by atoms with Gasteiger partial charge in [0.1, 0.15) is 6.61 Å². The van der Waals surface area contributed by atoms with Crippen LogP contribution in [0.2, 0.25) is 5.02 Å². The Morgan fingerprint density at radius 1 is 1.00 bits per heavy atom. The van der Waals surface area contributed by atoms with E-state index in [1.807, 2.05) is 36.4 Å². The minimum atomic E-state index is 0. The van der Waals surface area contributed by atoms with Gasteiger partial charge in [0, 0.05) is 30.2 Å². The summed E-state index contributed by atoms with van der Waals surface area (Å²) in [6.45, 7) is 9.80. The van der Waals surface area contributed by atoms with E-state index in [1.165, 1.54) is 5.56 Å². The van der Waals surface area contributed by atoms with Crippen LogP contribution < -0.4 is 14.8 Å². The maximum absolute atomic E-state index is 6.18. The number of rotatable bonds is 11. The predicted molar refractivity (Wildman–Crippen MR) is 123 cm³/mol. The van der Waals surface area contributed by atoms with Crippen LogP contribution >= 0.6 is 36.4 Å². The molecule has 7 heteroatoms. The first-order valence-corrected chi connectivity index (χ1v) is 9.51. The molecule has 2 aromatic carbocycles. The third-order valence-electron chi connectivity index (χ3n) is 4.40. The number of nitrogens with one attached hydrogen (secondary N) is 1. The van der Waals surface area contributed by atoms with Crippen molar-refractivity contribution < 1.29 is 9.47 Å². The molecule has 158 valence electrons. The van der Waals surface area contributed by atoms with Gasteiger partial charge in [0.15, 0.2) is 11.5 Å². The van der Waals surface area contributed by atoms with Crippen molar-refractivity contribution in [2.45, 2.75) is 27.0 Å². The van der Waals surface area contributed by atoms with Crippen LogP contribution in [0, 0.1) is 0 Å². The van der Waals surface area contributed by atoms with Gasteiger partial charge in [-0.2, -0.15) is 0 Å². The Kier molecular flexibility index (Phi) is 14.2. The summed E-state index contributed by atoms with van der Waals surface area (Å²) >= 11 is 6.18. The second-order valence-corrected chi connectivity index (χ2v) is 6.48. The van der Waals surface area contributed by atoms with Crippen LogP contribution in [0.1, 0.15) is 25.0 Å². The van der Waals surface area contributed by atoms with Crippen LogP contribution in [0.3, 0.4) is 0 Å². The Labute approximate surface area is 186 Å². The van der Waals surface area contributed by atoms with E-state index in [9.17, 15) is 0 Å². The van der Waals surface area contributed by atoms with E-state index in [0.717, 1.165) is 49.8 Å². The van der Waals surface area contributed by atoms with E-state index in [1.54, 1.807) is 7.11 Å². The van der Waals surface area contributed by atoms with E-state index in [-0.39, 0.29) is 24.8 Å². The van der Waals surface area contributed by atoms with Crippen LogP contribution in [0.25, 0.3) is 0 Å². The molecule has 0 heterocycles. The quantitative estimate of drug-likeness (QED) is 0.478. The fourth-order valence-corrected chi connectivity index (χ4v) is 2.91. The number of ether oxygens (including phenoxy) is 2. The third-order valence-corrected chi connectivity index (χ3v) is 4.77. The highest BCUT2D eigenvalue weighted by atomic mass is 35.5. The first kappa shape index (κ1) is 26.8. The van der Waals surface area contributed by atoms with Gasteiger partial charge in [-0.3, -0.25) is 0 Å². The van der Waals surface area contributed by atoms with Crippen LogP contribution in [-0.2, 0) is 13.2 Å².